The molecule has 2 amide bonds. The topological polar surface area (TPSA) is 46.1 Å². The Morgan fingerprint density at radius 1 is 0.962 bits per heavy atom. The third kappa shape index (κ3) is 4.11. The zero-order chi connectivity index (χ0) is 18.5. The lowest BCUT2D eigenvalue weighted by Crippen LogP contribution is -2.34. The third-order valence-electron chi connectivity index (χ3n) is 4.36. The maximum atomic E-state index is 13.1. The molecule has 0 aliphatic carbocycles. The molecule has 2 aromatic carbocycles. The number of hydrogen-bond acceptors (Lipinski definition) is 1. The van der Waals surface area contributed by atoms with E-state index in [9.17, 15) is 9.18 Å². The van der Waals surface area contributed by atoms with Crippen LogP contribution in [0.1, 0.15) is 22.5 Å². The molecule has 1 heterocycles. The van der Waals surface area contributed by atoms with Crippen LogP contribution in [0, 0.1) is 19.7 Å². The van der Waals surface area contributed by atoms with Gasteiger partial charge in [-0.15, -0.1) is 0 Å². The SMILES string of the molecule is Cc1cc(CNC(=O)NCc2ccccc2)c(C)n1-c1ccc(F)cc1. The number of halogens is 1. The number of carbonyl (C=O) groups excluding carboxylic acids is 1. The highest BCUT2D eigenvalue weighted by molar-refractivity contribution is 5.73. The van der Waals surface area contributed by atoms with Crippen molar-refractivity contribution in [3.05, 3.63) is 89.0 Å². The molecule has 0 fully saturated rings. The fraction of sp³-hybridized carbons (Fsp3) is 0.190. The van der Waals surface area contributed by atoms with E-state index in [2.05, 4.69) is 15.2 Å². The molecule has 2 N–H and O–H groups in total. The summed E-state index contributed by atoms with van der Waals surface area (Å²) >= 11 is 0. The highest BCUT2D eigenvalue weighted by Gasteiger charge is 2.11. The largest absolute Gasteiger partial charge is 0.334 e. The first-order valence-electron chi connectivity index (χ1n) is 8.54. The summed E-state index contributed by atoms with van der Waals surface area (Å²) in [6, 6.07) is 18.0. The van der Waals surface area contributed by atoms with Gasteiger partial charge in [-0.1, -0.05) is 30.3 Å². The molecule has 26 heavy (non-hydrogen) atoms. The number of nitrogens with one attached hydrogen (secondary N) is 2. The molecule has 0 spiro atoms. The first-order valence-corrected chi connectivity index (χ1v) is 8.54. The Bertz CT molecular complexity index is 886. The van der Waals surface area contributed by atoms with Gasteiger partial charge in [0.25, 0.3) is 0 Å². The molecular weight excluding hydrogens is 329 g/mol. The summed E-state index contributed by atoms with van der Waals surface area (Å²) in [6.45, 7) is 4.91. The second-order valence-corrected chi connectivity index (χ2v) is 6.23. The van der Waals surface area contributed by atoms with Gasteiger partial charge in [-0.25, -0.2) is 9.18 Å². The molecule has 0 unspecified atom stereocenters. The summed E-state index contributed by atoms with van der Waals surface area (Å²) < 4.78 is 15.2. The Labute approximate surface area is 152 Å². The van der Waals surface area contributed by atoms with Crippen LogP contribution in [0.5, 0.6) is 0 Å². The molecule has 0 saturated heterocycles. The number of amides is 2. The first-order chi connectivity index (χ1) is 12.5. The number of rotatable bonds is 5. The number of carbonyl (C=O) groups is 1. The maximum absolute atomic E-state index is 13.1. The molecular formula is C21H22FN3O. The van der Waals surface area contributed by atoms with Gasteiger partial charge in [0.15, 0.2) is 0 Å². The van der Waals surface area contributed by atoms with Gasteiger partial charge in [-0.05, 0) is 55.3 Å². The second-order valence-electron chi connectivity index (χ2n) is 6.23. The van der Waals surface area contributed by atoms with Gasteiger partial charge in [0.05, 0.1) is 0 Å². The molecule has 3 rings (SSSR count). The third-order valence-corrected chi connectivity index (χ3v) is 4.36. The Morgan fingerprint density at radius 3 is 2.31 bits per heavy atom. The lowest BCUT2D eigenvalue weighted by atomic mass is 10.2. The Morgan fingerprint density at radius 2 is 1.62 bits per heavy atom. The van der Waals surface area contributed by atoms with Crippen molar-refractivity contribution in [3.63, 3.8) is 0 Å². The number of aromatic nitrogens is 1. The number of urea groups is 1. The summed E-state index contributed by atoms with van der Waals surface area (Å²) in [5, 5.41) is 5.74. The number of hydrogen-bond donors (Lipinski definition) is 2. The second kappa shape index (κ2) is 7.87. The smallest absolute Gasteiger partial charge is 0.315 e. The predicted molar refractivity (Wildman–Crippen MR) is 101 cm³/mol. The average Bonchev–Trinajstić information content (AvgIpc) is 2.93. The van der Waals surface area contributed by atoms with Crippen LogP contribution in [0.2, 0.25) is 0 Å². The monoisotopic (exact) mass is 351 g/mol. The van der Waals surface area contributed by atoms with E-state index < -0.39 is 0 Å². The quantitative estimate of drug-likeness (QED) is 0.710. The van der Waals surface area contributed by atoms with Gasteiger partial charge in [0.2, 0.25) is 0 Å². The highest BCUT2D eigenvalue weighted by atomic mass is 19.1. The molecule has 0 bridgehead atoms. The standard InChI is InChI=1S/C21H22FN3O/c1-15-12-18(16(2)25(15)20-10-8-19(22)9-11-20)14-24-21(26)23-13-17-6-4-3-5-7-17/h3-12H,13-14H2,1-2H3,(H2,23,24,26). The molecule has 0 atom stereocenters. The molecule has 1 aromatic heterocycles. The number of nitrogens with zero attached hydrogens (tertiary/aromatic N) is 1. The van der Waals surface area contributed by atoms with E-state index in [-0.39, 0.29) is 11.8 Å². The molecule has 4 nitrogen and oxygen atoms in total. The maximum Gasteiger partial charge on any atom is 0.315 e. The van der Waals surface area contributed by atoms with Gasteiger partial charge >= 0.3 is 6.03 Å². The van der Waals surface area contributed by atoms with Gasteiger partial charge in [0.1, 0.15) is 5.82 Å². The number of benzene rings is 2. The van der Waals surface area contributed by atoms with E-state index in [1.54, 1.807) is 12.1 Å². The summed E-state index contributed by atoms with van der Waals surface area (Å²) in [5.74, 6) is -0.256. The normalized spacial score (nSPS) is 10.6. The predicted octanol–water partition coefficient (Wildman–Crippen LogP) is 4.23. The first kappa shape index (κ1) is 17.7. The van der Waals surface area contributed by atoms with Crippen LogP contribution in [-0.2, 0) is 13.1 Å². The van der Waals surface area contributed by atoms with Gasteiger partial charge in [0, 0.05) is 30.2 Å². The van der Waals surface area contributed by atoms with Crippen molar-refractivity contribution >= 4 is 6.03 Å². The van der Waals surface area contributed by atoms with Crippen molar-refractivity contribution in [2.45, 2.75) is 26.9 Å². The minimum atomic E-state index is -0.256. The fourth-order valence-electron chi connectivity index (χ4n) is 3.01. The highest BCUT2D eigenvalue weighted by Crippen LogP contribution is 2.21. The van der Waals surface area contributed by atoms with Gasteiger partial charge in [-0.3, -0.25) is 0 Å². The number of aryl methyl sites for hydroxylation is 1. The molecule has 0 radical (unpaired) electrons. The molecule has 5 heteroatoms. The summed E-state index contributed by atoms with van der Waals surface area (Å²) in [6.07, 6.45) is 0. The van der Waals surface area contributed by atoms with Crippen molar-refractivity contribution in [1.82, 2.24) is 15.2 Å². The van der Waals surface area contributed by atoms with Crippen molar-refractivity contribution in [1.29, 1.82) is 0 Å². The minimum absolute atomic E-state index is 0.208. The average molecular weight is 351 g/mol. The van der Waals surface area contributed by atoms with Crippen molar-refractivity contribution in [3.8, 4) is 5.69 Å². The Balaban J connectivity index is 1.62. The van der Waals surface area contributed by atoms with E-state index in [1.807, 2.05) is 50.2 Å². The zero-order valence-electron chi connectivity index (χ0n) is 14.9. The van der Waals surface area contributed by atoms with Crippen molar-refractivity contribution in [2.24, 2.45) is 0 Å². The van der Waals surface area contributed by atoms with Crippen LogP contribution in [0.3, 0.4) is 0 Å². The summed E-state index contributed by atoms with van der Waals surface area (Å²) in [4.78, 5) is 12.0. The van der Waals surface area contributed by atoms with Crippen LogP contribution in [-0.4, -0.2) is 10.6 Å². The molecule has 0 saturated carbocycles. The van der Waals surface area contributed by atoms with Gasteiger partial charge in [-0.2, -0.15) is 0 Å². The van der Waals surface area contributed by atoms with Crippen molar-refractivity contribution < 1.29 is 9.18 Å². The van der Waals surface area contributed by atoms with E-state index in [1.165, 1.54) is 12.1 Å². The van der Waals surface area contributed by atoms with Crippen LogP contribution < -0.4 is 10.6 Å². The van der Waals surface area contributed by atoms with E-state index in [4.69, 9.17) is 0 Å². The van der Waals surface area contributed by atoms with Crippen LogP contribution in [0.25, 0.3) is 5.69 Å². The van der Waals surface area contributed by atoms with E-state index >= 15 is 0 Å². The van der Waals surface area contributed by atoms with Gasteiger partial charge < -0.3 is 15.2 Å². The fourth-order valence-corrected chi connectivity index (χ4v) is 3.01. The molecule has 0 aliphatic heterocycles. The summed E-state index contributed by atoms with van der Waals surface area (Å²) in [7, 11) is 0. The molecule has 0 aliphatic rings. The lowest BCUT2D eigenvalue weighted by molar-refractivity contribution is 0.240. The zero-order valence-corrected chi connectivity index (χ0v) is 14.9. The van der Waals surface area contributed by atoms with Crippen LogP contribution >= 0.6 is 0 Å². The van der Waals surface area contributed by atoms with E-state index in [0.717, 1.165) is 28.2 Å². The Hall–Kier alpha value is -3.08. The molecule has 3 aromatic rings. The van der Waals surface area contributed by atoms with E-state index in [0.29, 0.717) is 13.1 Å². The van der Waals surface area contributed by atoms with Crippen LogP contribution in [0.4, 0.5) is 9.18 Å². The minimum Gasteiger partial charge on any atom is -0.334 e. The van der Waals surface area contributed by atoms with Crippen LogP contribution in [0.15, 0.2) is 60.7 Å². The summed E-state index contributed by atoms with van der Waals surface area (Å²) in [5.41, 5.74) is 5.05. The lowest BCUT2D eigenvalue weighted by Gasteiger charge is -2.11. The molecule has 134 valence electrons. The van der Waals surface area contributed by atoms with Crippen molar-refractivity contribution in [2.75, 3.05) is 0 Å². The Kier molecular flexibility index (Phi) is 5.37.